The maximum absolute atomic E-state index is 12.2. The van der Waals surface area contributed by atoms with Gasteiger partial charge in [0, 0.05) is 13.1 Å². The molecule has 0 saturated heterocycles. The maximum atomic E-state index is 12.2. The van der Waals surface area contributed by atoms with Gasteiger partial charge in [-0.15, -0.1) is 0 Å². The molecule has 3 aromatic rings. The van der Waals surface area contributed by atoms with Gasteiger partial charge in [-0.3, -0.25) is 4.90 Å². The molecule has 3 rings (SSSR count). The summed E-state index contributed by atoms with van der Waals surface area (Å²) in [6.45, 7) is 0.961. The van der Waals surface area contributed by atoms with E-state index in [-0.39, 0.29) is 12.1 Å². The van der Waals surface area contributed by atoms with Crippen molar-refractivity contribution in [3.63, 3.8) is 0 Å². The second-order valence-corrected chi connectivity index (χ2v) is 6.20. The number of carbonyl (C=O) groups excluding carboxylic acids is 1. The summed E-state index contributed by atoms with van der Waals surface area (Å²) < 4.78 is 5.45. The first-order valence-corrected chi connectivity index (χ1v) is 8.33. The Balaban J connectivity index is 1.57. The average Bonchev–Trinajstić information content (AvgIpc) is 3.14. The highest BCUT2D eigenvalue weighted by atomic mass is 16.3. The average molecular weight is 337 g/mol. The Morgan fingerprint density at radius 2 is 1.84 bits per heavy atom. The predicted octanol–water partition coefficient (Wildman–Crippen LogP) is 3.53. The van der Waals surface area contributed by atoms with Gasteiger partial charge < -0.3 is 15.1 Å². The van der Waals surface area contributed by atoms with Gasteiger partial charge in [0.05, 0.1) is 12.3 Å². The van der Waals surface area contributed by atoms with E-state index in [1.165, 1.54) is 5.39 Å². The predicted molar refractivity (Wildman–Crippen MR) is 99.3 cm³/mol. The number of urea groups is 1. The molecule has 2 N–H and O–H groups in total. The van der Waals surface area contributed by atoms with Crippen LogP contribution in [0.15, 0.2) is 65.3 Å². The largest absolute Gasteiger partial charge is 0.468 e. The molecule has 1 unspecified atom stereocenters. The number of fused-ring (bicyclic) bond motifs is 1. The molecule has 0 aliphatic heterocycles. The SMILES string of the molecule is CN(C)C(CNC(=O)NCc1cccc2ccccc12)c1ccco1. The molecule has 0 aliphatic rings. The van der Waals surface area contributed by atoms with Crippen molar-refractivity contribution in [3.05, 3.63) is 72.2 Å². The van der Waals surface area contributed by atoms with Crippen LogP contribution < -0.4 is 10.6 Å². The van der Waals surface area contributed by atoms with Crippen molar-refractivity contribution in [3.8, 4) is 0 Å². The number of hydrogen-bond donors (Lipinski definition) is 2. The Bertz CT molecular complexity index is 823. The minimum absolute atomic E-state index is 0.00157. The number of furan rings is 1. The van der Waals surface area contributed by atoms with Crippen LogP contribution in [-0.2, 0) is 6.54 Å². The van der Waals surface area contributed by atoms with Gasteiger partial charge in [0.15, 0.2) is 0 Å². The summed E-state index contributed by atoms with van der Waals surface area (Å²) in [5.74, 6) is 0.833. The zero-order chi connectivity index (χ0) is 17.6. The maximum Gasteiger partial charge on any atom is 0.315 e. The van der Waals surface area contributed by atoms with E-state index in [1.807, 2.05) is 55.4 Å². The van der Waals surface area contributed by atoms with E-state index >= 15 is 0 Å². The second-order valence-electron chi connectivity index (χ2n) is 6.20. The van der Waals surface area contributed by atoms with Gasteiger partial charge in [-0.1, -0.05) is 42.5 Å². The van der Waals surface area contributed by atoms with Crippen LogP contribution in [0.25, 0.3) is 10.8 Å². The summed E-state index contributed by atoms with van der Waals surface area (Å²) in [5.41, 5.74) is 1.10. The molecule has 0 radical (unpaired) electrons. The van der Waals surface area contributed by atoms with Crippen molar-refractivity contribution >= 4 is 16.8 Å². The first-order chi connectivity index (χ1) is 12.1. The fourth-order valence-corrected chi connectivity index (χ4v) is 2.89. The second kappa shape index (κ2) is 7.85. The monoisotopic (exact) mass is 337 g/mol. The van der Waals surface area contributed by atoms with Crippen molar-refractivity contribution in [1.29, 1.82) is 0 Å². The van der Waals surface area contributed by atoms with Gasteiger partial charge in [0.25, 0.3) is 0 Å². The van der Waals surface area contributed by atoms with E-state index in [2.05, 4.69) is 28.8 Å². The summed E-state index contributed by atoms with van der Waals surface area (Å²) in [6, 6.07) is 17.9. The summed E-state index contributed by atoms with van der Waals surface area (Å²) in [5, 5.41) is 8.18. The van der Waals surface area contributed by atoms with E-state index in [4.69, 9.17) is 4.42 Å². The van der Waals surface area contributed by atoms with Crippen LogP contribution >= 0.6 is 0 Å². The Labute approximate surface area is 147 Å². The molecule has 25 heavy (non-hydrogen) atoms. The molecule has 0 spiro atoms. The number of amides is 2. The van der Waals surface area contributed by atoms with Crippen LogP contribution in [0, 0.1) is 0 Å². The number of carbonyl (C=O) groups is 1. The Morgan fingerprint density at radius 1 is 1.04 bits per heavy atom. The standard InChI is InChI=1S/C20H23N3O2/c1-23(2)18(19-11-6-12-25-19)14-22-20(24)21-13-16-9-5-8-15-7-3-4-10-17(15)16/h3-12,18H,13-14H2,1-2H3,(H2,21,22,24). The van der Waals surface area contributed by atoms with E-state index in [9.17, 15) is 4.79 Å². The van der Waals surface area contributed by atoms with E-state index in [0.29, 0.717) is 13.1 Å². The molecular weight excluding hydrogens is 314 g/mol. The lowest BCUT2D eigenvalue weighted by Crippen LogP contribution is -2.40. The smallest absolute Gasteiger partial charge is 0.315 e. The molecule has 1 heterocycles. The van der Waals surface area contributed by atoms with Gasteiger partial charge in [0.2, 0.25) is 0 Å². The molecule has 130 valence electrons. The van der Waals surface area contributed by atoms with E-state index in [1.54, 1.807) is 6.26 Å². The number of benzene rings is 2. The molecule has 2 aromatic carbocycles. The highest BCUT2D eigenvalue weighted by Crippen LogP contribution is 2.19. The first kappa shape index (κ1) is 17.0. The number of hydrogen-bond acceptors (Lipinski definition) is 3. The van der Waals surface area contributed by atoms with Gasteiger partial charge in [-0.05, 0) is 42.6 Å². The van der Waals surface area contributed by atoms with Gasteiger partial charge >= 0.3 is 6.03 Å². The van der Waals surface area contributed by atoms with Gasteiger partial charge in [-0.25, -0.2) is 4.79 Å². The Hall–Kier alpha value is -2.79. The van der Waals surface area contributed by atoms with Crippen molar-refractivity contribution in [2.75, 3.05) is 20.6 Å². The molecular formula is C20H23N3O2. The van der Waals surface area contributed by atoms with Crippen molar-refractivity contribution in [2.24, 2.45) is 0 Å². The molecule has 0 aliphatic carbocycles. The zero-order valence-electron chi connectivity index (χ0n) is 14.5. The van der Waals surface area contributed by atoms with Gasteiger partial charge in [-0.2, -0.15) is 0 Å². The van der Waals surface area contributed by atoms with Crippen molar-refractivity contribution in [2.45, 2.75) is 12.6 Å². The minimum atomic E-state index is -0.189. The van der Waals surface area contributed by atoms with Crippen LogP contribution in [0.1, 0.15) is 17.4 Å². The van der Waals surface area contributed by atoms with Crippen molar-refractivity contribution < 1.29 is 9.21 Å². The van der Waals surface area contributed by atoms with Crippen LogP contribution in [0.4, 0.5) is 4.79 Å². The van der Waals surface area contributed by atoms with Crippen LogP contribution in [0.3, 0.4) is 0 Å². The van der Waals surface area contributed by atoms with Gasteiger partial charge in [0.1, 0.15) is 5.76 Å². The van der Waals surface area contributed by atoms with E-state index in [0.717, 1.165) is 16.7 Å². The summed E-state index contributed by atoms with van der Waals surface area (Å²) in [7, 11) is 3.92. The Kier molecular flexibility index (Phi) is 5.36. The topological polar surface area (TPSA) is 57.5 Å². The molecule has 0 fully saturated rings. The summed E-state index contributed by atoms with van der Waals surface area (Å²) >= 11 is 0. The zero-order valence-corrected chi connectivity index (χ0v) is 14.5. The lowest BCUT2D eigenvalue weighted by atomic mass is 10.0. The van der Waals surface area contributed by atoms with Crippen LogP contribution in [0.2, 0.25) is 0 Å². The molecule has 5 heteroatoms. The first-order valence-electron chi connectivity index (χ1n) is 8.33. The number of likely N-dealkylation sites (N-methyl/N-ethyl adjacent to an activating group) is 1. The molecule has 5 nitrogen and oxygen atoms in total. The third kappa shape index (κ3) is 4.19. The molecule has 1 atom stereocenters. The molecule has 1 aromatic heterocycles. The van der Waals surface area contributed by atoms with E-state index < -0.39 is 0 Å². The number of rotatable bonds is 6. The lowest BCUT2D eigenvalue weighted by Gasteiger charge is -2.22. The highest BCUT2D eigenvalue weighted by Gasteiger charge is 2.17. The van der Waals surface area contributed by atoms with Crippen LogP contribution in [0.5, 0.6) is 0 Å². The summed E-state index contributed by atoms with van der Waals surface area (Å²) in [4.78, 5) is 14.2. The highest BCUT2D eigenvalue weighted by molar-refractivity contribution is 5.86. The van der Waals surface area contributed by atoms with Crippen molar-refractivity contribution in [1.82, 2.24) is 15.5 Å². The normalized spacial score (nSPS) is 12.3. The molecule has 0 bridgehead atoms. The molecule has 2 amide bonds. The quantitative estimate of drug-likeness (QED) is 0.723. The lowest BCUT2D eigenvalue weighted by molar-refractivity contribution is 0.225. The number of nitrogens with one attached hydrogen (secondary N) is 2. The fourth-order valence-electron chi connectivity index (χ4n) is 2.89. The minimum Gasteiger partial charge on any atom is -0.468 e. The molecule has 0 saturated carbocycles. The number of nitrogens with zero attached hydrogens (tertiary/aromatic N) is 1. The third-order valence-corrected chi connectivity index (χ3v) is 4.27. The third-order valence-electron chi connectivity index (χ3n) is 4.27. The Morgan fingerprint density at radius 3 is 2.60 bits per heavy atom. The summed E-state index contributed by atoms with van der Waals surface area (Å²) in [6.07, 6.45) is 1.65. The fraction of sp³-hybridized carbons (Fsp3) is 0.250. The van der Waals surface area contributed by atoms with Crippen LogP contribution in [-0.4, -0.2) is 31.6 Å².